The number of carbonyl (C=O) groups is 1. The van der Waals surface area contributed by atoms with Crippen molar-refractivity contribution < 1.29 is 29.6 Å². The van der Waals surface area contributed by atoms with Gasteiger partial charge in [-0.25, -0.2) is 0 Å². The van der Waals surface area contributed by atoms with Crippen molar-refractivity contribution in [1.29, 1.82) is 0 Å². The monoisotopic (exact) mass is 362 g/mol. The highest BCUT2D eigenvalue weighted by molar-refractivity contribution is 6.05. The van der Waals surface area contributed by atoms with Gasteiger partial charge in [0.2, 0.25) is 5.79 Å². The summed E-state index contributed by atoms with van der Waals surface area (Å²) in [5.41, 5.74) is -1.95. The van der Waals surface area contributed by atoms with Crippen molar-refractivity contribution in [3.63, 3.8) is 0 Å². The highest BCUT2D eigenvalue weighted by atomic mass is 16.8. The molecule has 26 heavy (non-hydrogen) atoms. The molecular weight excluding hydrogens is 336 g/mol. The van der Waals surface area contributed by atoms with Gasteiger partial charge in [0.25, 0.3) is 0 Å². The fourth-order valence-corrected chi connectivity index (χ4v) is 8.49. The summed E-state index contributed by atoms with van der Waals surface area (Å²) in [7, 11) is 0. The zero-order valence-corrected chi connectivity index (χ0v) is 15.1. The summed E-state index contributed by atoms with van der Waals surface area (Å²) in [4.78, 5) is 13.5. The first-order valence-corrected chi connectivity index (χ1v) is 9.79. The molecule has 8 rings (SSSR count). The number of ether oxygens (including phenoxy) is 2. The van der Waals surface area contributed by atoms with Gasteiger partial charge in [0.15, 0.2) is 12.1 Å². The van der Waals surface area contributed by atoms with E-state index in [9.17, 15) is 20.1 Å². The van der Waals surface area contributed by atoms with Gasteiger partial charge in [-0.3, -0.25) is 4.79 Å². The molecule has 3 N–H and O–H groups in total. The van der Waals surface area contributed by atoms with E-state index in [1.165, 1.54) is 0 Å². The van der Waals surface area contributed by atoms with Gasteiger partial charge < -0.3 is 24.8 Å². The molecule has 8 fully saturated rings. The average Bonchev–Trinajstić information content (AvgIpc) is 2.70. The molecule has 0 aromatic carbocycles. The van der Waals surface area contributed by atoms with Crippen LogP contribution in [-0.2, 0) is 14.3 Å². The Bertz CT molecular complexity index is 761. The van der Waals surface area contributed by atoms with Crippen molar-refractivity contribution in [3.05, 3.63) is 12.2 Å². The Hall–Kier alpha value is -0.790. The van der Waals surface area contributed by atoms with Crippen molar-refractivity contribution in [2.45, 2.75) is 69.9 Å². The zero-order chi connectivity index (χ0) is 18.4. The van der Waals surface area contributed by atoms with Gasteiger partial charge in [-0.15, -0.1) is 0 Å². The van der Waals surface area contributed by atoms with Crippen LogP contribution in [0.1, 0.15) is 39.5 Å². The van der Waals surface area contributed by atoms with E-state index in [1.54, 1.807) is 0 Å². The fourth-order valence-electron chi connectivity index (χ4n) is 8.49. The molecule has 0 aromatic heterocycles. The van der Waals surface area contributed by atoms with E-state index in [-0.39, 0.29) is 23.0 Å². The van der Waals surface area contributed by atoms with Gasteiger partial charge in [-0.05, 0) is 30.3 Å². The van der Waals surface area contributed by atoms with E-state index in [4.69, 9.17) is 9.47 Å². The van der Waals surface area contributed by atoms with Crippen molar-refractivity contribution >= 4 is 5.78 Å². The maximum absolute atomic E-state index is 13.5. The molecule has 0 amide bonds. The highest BCUT2D eigenvalue weighted by Crippen LogP contribution is 2.81. The van der Waals surface area contributed by atoms with Gasteiger partial charge in [0.05, 0.1) is 12.2 Å². The van der Waals surface area contributed by atoms with E-state index < -0.39 is 47.1 Å². The highest BCUT2D eigenvalue weighted by Gasteiger charge is 2.92. The molecule has 4 heterocycles. The number of Topliss-reactive ketones (excluding diaryl/α,β-unsaturated/α-hetero) is 1. The third-order valence-corrected chi connectivity index (χ3v) is 9.04. The summed E-state index contributed by atoms with van der Waals surface area (Å²) in [6.07, 6.45) is -0.195. The standard InChI is InChI=1S/C20H26O6/c1-8-9-7-10(21)11-18-6-4-5-17(2,3)12(18)14(23)20(24)19(11,13(8)22)15(9)25-16(18)26-20/h9-12,14-16,21,23-24H,1,4-7H2,2-3H3/t9-,10-,11+,12+,14-,15+,16?,18+,19-,20+/m0/s1. The average molecular weight is 362 g/mol. The van der Waals surface area contributed by atoms with Crippen LogP contribution in [0.5, 0.6) is 0 Å². The Balaban J connectivity index is 1.70. The number of hydrogen-bond acceptors (Lipinski definition) is 6. The smallest absolute Gasteiger partial charge is 0.211 e. The number of aliphatic hydroxyl groups is 3. The summed E-state index contributed by atoms with van der Waals surface area (Å²) >= 11 is 0. The second-order valence-corrected chi connectivity index (χ2v) is 10.2. The molecule has 2 spiro atoms. The third kappa shape index (κ3) is 1.21. The molecule has 10 atom stereocenters. The van der Waals surface area contributed by atoms with Crippen molar-refractivity contribution in [3.8, 4) is 0 Å². The second-order valence-electron chi connectivity index (χ2n) is 10.2. The SMILES string of the molecule is C=C1C(=O)[C@@]23[C@@H]4OC5O[C@]2(O)[C@@H](O)[C@@H]2C(C)(C)CCC[C@]52[C@H]3[C@@H](O)C[C@@H]14. The molecule has 0 aromatic rings. The molecule has 4 aliphatic carbocycles. The van der Waals surface area contributed by atoms with Gasteiger partial charge in [-0.1, -0.05) is 26.8 Å². The molecule has 7 bridgehead atoms. The summed E-state index contributed by atoms with van der Waals surface area (Å²) in [6.45, 7) is 8.16. The van der Waals surface area contributed by atoms with Crippen LogP contribution in [0.4, 0.5) is 0 Å². The molecule has 4 saturated carbocycles. The minimum Gasteiger partial charge on any atom is -0.393 e. The lowest BCUT2D eigenvalue weighted by Gasteiger charge is -2.79. The molecule has 8 aliphatic rings. The Morgan fingerprint density at radius 2 is 1.92 bits per heavy atom. The van der Waals surface area contributed by atoms with Crippen molar-refractivity contribution in [2.75, 3.05) is 0 Å². The molecular formula is C20H26O6. The van der Waals surface area contributed by atoms with E-state index in [1.807, 2.05) is 0 Å². The maximum Gasteiger partial charge on any atom is 0.211 e. The quantitative estimate of drug-likeness (QED) is 0.550. The lowest BCUT2D eigenvalue weighted by molar-refractivity contribution is -0.554. The molecule has 0 radical (unpaired) electrons. The Morgan fingerprint density at radius 3 is 2.65 bits per heavy atom. The lowest BCUT2D eigenvalue weighted by Crippen LogP contribution is -2.91. The van der Waals surface area contributed by atoms with Gasteiger partial charge in [-0.2, -0.15) is 0 Å². The van der Waals surface area contributed by atoms with Crippen LogP contribution in [0.15, 0.2) is 12.2 Å². The van der Waals surface area contributed by atoms with Gasteiger partial charge >= 0.3 is 0 Å². The summed E-state index contributed by atoms with van der Waals surface area (Å²) < 4.78 is 12.3. The predicted octanol–water partition coefficient (Wildman–Crippen LogP) is 0.740. The van der Waals surface area contributed by atoms with Crippen LogP contribution in [0.2, 0.25) is 0 Å². The zero-order valence-electron chi connectivity index (χ0n) is 15.1. The summed E-state index contributed by atoms with van der Waals surface area (Å²) in [5, 5.41) is 34.3. The van der Waals surface area contributed by atoms with Crippen molar-refractivity contribution in [2.24, 2.45) is 34.0 Å². The summed E-state index contributed by atoms with van der Waals surface area (Å²) in [6, 6.07) is 0. The maximum atomic E-state index is 13.5. The lowest BCUT2D eigenvalue weighted by atomic mass is 9.34. The van der Waals surface area contributed by atoms with Crippen LogP contribution in [-0.4, -0.2) is 51.5 Å². The van der Waals surface area contributed by atoms with E-state index in [2.05, 4.69) is 20.4 Å². The van der Waals surface area contributed by atoms with E-state index in [0.717, 1.165) is 19.3 Å². The number of hydrogen-bond donors (Lipinski definition) is 3. The summed E-state index contributed by atoms with van der Waals surface area (Å²) in [5.74, 6) is -3.38. The number of ketones is 1. The Morgan fingerprint density at radius 1 is 1.19 bits per heavy atom. The number of rotatable bonds is 0. The largest absolute Gasteiger partial charge is 0.393 e. The van der Waals surface area contributed by atoms with Crippen LogP contribution < -0.4 is 0 Å². The van der Waals surface area contributed by atoms with Gasteiger partial charge in [0, 0.05) is 23.2 Å². The van der Waals surface area contributed by atoms with E-state index >= 15 is 0 Å². The van der Waals surface area contributed by atoms with Crippen LogP contribution in [0, 0.1) is 34.0 Å². The number of carbonyl (C=O) groups excluding carboxylic acids is 1. The van der Waals surface area contributed by atoms with Crippen molar-refractivity contribution in [1.82, 2.24) is 0 Å². The molecule has 142 valence electrons. The molecule has 4 aliphatic heterocycles. The first-order valence-electron chi connectivity index (χ1n) is 9.79. The molecule has 1 unspecified atom stereocenters. The first-order chi connectivity index (χ1) is 12.1. The molecule has 6 heteroatoms. The normalized spacial score (nSPS) is 64.0. The topological polar surface area (TPSA) is 96.2 Å². The van der Waals surface area contributed by atoms with Crippen LogP contribution in [0.3, 0.4) is 0 Å². The van der Waals surface area contributed by atoms with E-state index in [0.29, 0.717) is 12.0 Å². The fraction of sp³-hybridized carbons (Fsp3) is 0.850. The second kappa shape index (κ2) is 4.13. The first kappa shape index (κ1) is 16.2. The third-order valence-electron chi connectivity index (χ3n) is 9.04. The molecule has 6 nitrogen and oxygen atoms in total. The minimum atomic E-state index is -2.03. The Labute approximate surface area is 152 Å². The Kier molecular flexibility index (Phi) is 2.57. The predicted molar refractivity (Wildman–Crippen MR) is 88.4 cm³/mol. The van der Waals surface area contributed by atoms with Gasteiger partial charge in [0.1, 0.15) is 11.5 Å². The molecule has 4 saturated heterocycles. The number of aliphatic hydroxyl groups excluding tert-OH is 2. The minimum absolute atomic E-state index is 0.249. The van der Waals surface area contributed by atoms with Crippen LogP contribution in [0.25, 0.3) is 0 Å². The van der Waals surface area contributed by atoms with Crippen LogP contribution >= 0.6 is 0 Å².